The van der Waals surface area contributed by atoms with E-state index < -0.39 is 17.3 Å². The van der Waals surface area contributed by atoms with Gasteiger partial charge in [-0.3, -0.25) is 14.7 Å². The highest BCUT2D eigenvalue weighted by Crippen LogP contribution is 2.26. The monoisotopic (exact) mass is 546 g/mol. The van der Waals surface area contributed by atoms with Gasteiger partial charge < -0.3 is 19.9 Å². The van der Waals surface area contributed by atoms with Crippen molar-refractivity contribution in [3.63, 3.8) is 0 Å². The summed E-state index contributed by atoms with van der Waals surface area (Å²) in [6, 6.07) is 11.6. The number of benzene rings is 2. The molecule has 0 bridgehead atoms. The number of hydrogen-bond donors (Lipinski definition) is 2. The van der Waals surface area contributed by atoms with E-state index in [1.54, 1.807) is 57.2 Å². The third-order valence-corrected chi connectivity index (χ3v) is 6.31. The van der Waals surface area contributed by atoms with Crippen molar-refractivity contribution in [2.24, 2.45) is 0 Å². The van der Waals surface area contributed by atoms with Crippen molar-refractivity contribution in [1.82, 2.24) is 24.4 Å². The van der Waals surface area contributed by atoms with Gasteiger partial charge in [0.15, 0.2) is 5.65 Å². The Hall–Kier alpha value is -4.58. The van der Waals surface area contributed by atoms with Gasteiger partial charge in [0.05, 0.1) is 23.8 Å². The van der Waals surface area contributed by atoms with Crippen LogP contribution in [-0.4, -0.2) is 69.3 Å². The summed E-state index contributed by atoms with van der Waals surface area (Å²) in [7, 11) is 2.05. The molecule has 0 saturated carbocycles. The van der Waals surface area contributed by atoms with Crippen LogP contribution in [0.3, 0.4) is 0 Å². The molecule has 2 aromatic heterocycles. The second kappa shape index (κ2) is 10.9. The predicted molar refractivity (Wildman–Crippen MR) is 152 cm³/mol. The van der Waals surface area contributed by atoms with Gasteiger partial charge in [0, 0.05) is 37.6 Å². The van der Waals surface area contributed by atoms with Gasteiger partial charge in [0.1, 0.15) is 16.9 Å². The molecule has 0 unspecified atom stereocenters. The van der Waals surface area contributed by atoms with Crippen molar-refractivity contribution in [2.45, 2.75) is 26.4 Å². The molecule has 11 nitrogen and oxygen atoms in total. The molecule has 1 amide bonds. The highest BCUT2D eigenvalue weighted by atomic mass is 19.1. The lowest BCUT2D eigenvalue weighted by molar-refractivity contribution is 0.0636. The molecule has 1 saturated heterocycles. The Balaban J connectivity index is 1.38. The SMILES string of the molecule is CN1CCN(c2ccc(Nc3ncc4ncc(=O)n(-c5ccc(NC(=O)OC(C)(C)C)cc5)c4n3)cc2F)CC1. The maximum Gasteiger partial charge on any atom is 0.412 e. The molecule has 1 aliphatic rings. The molecule has 2 N–H and O–H groups in total. The van der Waals surface area contributed by atoms with Gasteiger partial charge in [-0.15, -0.1) is 0 Å². The first-order valence-electron chi connectivity index (χ1n) is 12.9. The molecular formula is C28H31FN8O3. The largest absolute Gasteiger partial charge is 0.444 e. The first-order chi connectivity index (χ1) is 19.1. The fourth-order valence-electron chi connectivity index (χ4n) is 4.35. The van der Waals surface area contributed by atoms with Crippen LogP contribution in [0.1, 0.15) is 20.8 Å². The minimum atomic E-state index is -0.628. The van der Waals surface area contributed by atoms with Crippen LogP contribution in [0, 0.1) is 5.82 Å². The number of ether oxygens (including phenoxy) is 1. The highest BCUT2D eigenvalue weighted by Gasteiger charge is 2.19. The number of carbonyl (C=O) groups is 1. The van der Waals surface area contributed by atoms with E-state index in [4.69, 9.17) is 4.74 Å². The molecule has 0 radical (unpaired) electrons. The number of amides is 1. The zero-order chi connectivity index (χ0) is 28.4. The molecule has 1 aliphatic heterocycles. The molecule has 3 heterocycles. The number of nitrogens with one attached hydrogen (secondary N) is 2. The van der Waals surface area contributed by atoms with Crippen LogP contribution in [0.2, 0.25) is 0 Å². The summed E-state index contributed by atoms with van der Waals surface area (Å²) in [6.45, 7) is 8.62. The fourth-order valence-corrected chi connectivity index (χ4v) is 4.35. The Morgan fingerprint density at radius 2 is 1.68 bits per heavy atom. The molecule has 1 fully saturated rings. The second-order valence-electron chi connectivity index (χ2n) is 10.6. The molecule has 40 heavy (non-hydrogen) atoms. The summed E-state index contributed by atoms with van der Waals surface area (Å²) < 4.78 is 21.7. The maximum atomic E-state index is 15.0. The highest BCUT2D eigenvalue weighted by molar-refractivity contribution is 5.85. The number of aromatic nitrogens is 4. The Bertz CT molecular complexity index is 1590. The molecule has 0 spiro atoms. The lowest BCUT2D eigenvalue weighted by Crippen LogP contribution is -2.44. The minimum absolute atomic E-state index is 0.184. The summed E-state index contributed by atoms with van der Waals surface area (Å²) in [5.74, 6) is -0.155. The van der Waals surface area contributed by atoms with Crippen molar-refractivity contribution in [1.29, 1.82) is 0 Å². The van der Waals surface area contributed by atoms with Crippen LogP contribution in [0.5, 0.6) is 0 Å². The molecule has 0 atom stereocenters. The lowest BCUT2D eigenvalue weighted by Gasteiger charge is -2.34. The van der Waals surface area contributed by atoms with Crippen molar-refractivity contribution in [3.05, 3.63) is 71.0 Å². The van der Waals surface area contributed by atoms with E-state index >= 15 is 0 Å². The number of halogens is 1. The van der Waals surface area contributed by atoms with E-state index in [9.17, 15) is 14.0 Å². The van der Waals surface area contributed by atoms with E-state index in [0.717, 1.165) is 26.2 Å². The summed E-state index contributed by atoms with van der Waals surface area (Å²) in [4.78, 5) is 42.1. The number of anilines is 4. The number of rotatable bonds is 5. The zero-order valence-corrected chi connectivity index (χ0v) is 22.8. The van der Waals surface area contributed by atoms with Crippen molar-refractivity contribution >= 4 is 40.3 Å². The molecule has 4 aromatic rings. The van der Waals surface area contributed by atoms with E-state index in [-0.39, 0.29) is 17.4 Å². The normalized spacial score (nSPS) is 14.3. The van der Waals surface area contributed by atoms with Crippen LogP contribution in [-0.2, 0) is 4.74 Å². The Kier molecular flexibility index (Phi) is 7.35. The fraction of sp³-hybridized carbons (Fsp3) is 0.321. The van der Waals surface area contributed by atoms with Gasteiger partial charge >= 0.3 is 6.09 Å². The number of nitrogens with zero attached hydrogens (tertiary/aromatic N) is 6. The number of piperazine rings is 1. The van der Waals surface area contributed by atoms with Gasteiger partial charge in [0.2, 0.25) is 5.95 Å². The van der Waals surface area contributed by atoms with Crippen molar-refractivity contribution in [2.75, 3.05) is 48.8 Å². The van der Waals surface area contributed by atoms with Gasteiger partial charge in [-0.1, -0.05) is 0 Å². The van der Waals surface area contributed by atoms with Crippen LogP contribution in [0.25, 0.3) is 16.9 Å². The molecule has 2 aromatic carbocycles. The van der Waals surface area contributed by atoms with Crippen LogP contribution in [0.15, 0.2) is 59.7 Å². The Morgan fingerprint density at radius 1 is 0.975 bits per heavy atom. The molecule has 12 heteroatoms. The predicted octanol–water partition coefficient (Wildman–Crippen LogP) is 4.16. The lowest BCUT2D eigenvalue weighted by atomic mass is 10.2. The zero-order valence-electron chi connectivity index (χ0n) is 22.8. The minimum Gasteiger partial charge on any atom is -0.444 e. The Morgan fingerprint density at radius 3 is 2.35 bits per heavy atom. The average molecular weight is 547 g/mol. The van der Waals surface area contributed by atoms with Gasteiger partial charge in [-0.25, -0.2) is 19.2 Å². The van der Waals surface area contributed by atoms with E-state index in [1.807, 2.05) is 4.90 Å². The summed E-state index contributed by atoms with van der Waals surface area (Å²) in [5.41, 5.74) is 1.70. The second-order valence-corrected chi connectivity index (χ2v) is 10.6. The third kappa shape index (κ3) is 6.18. The summed E-state index contributed by atoms with van der Waals surface area (Å²) in [6.07, 6.45) is 2.11. The smallest absolute Gasteiger partial charge is 0.412 e. The quantitative estimate of drug-likeness (QED) is 0.381. The number of hydrogen-bond acceptors (Lipinski definition) is 9. The van der Waals surface area contributed by atoms with E-state index in [1.165, 1.54) is 23.0 Å². The number of likely N-dealkylation sites (N-methyl/N-ethyl adjacent to an activating group) is 1. The third-order valence-electron chi connectivity index (χ3n) is 6.31. The summed E-state index contributed by atoms with van der Waals surface area (Å²) >= 11 is 0. The first kappa shape index (κ1) is 27.0. The van der Waals surface area contributed by atoms with E-state index in [0.29, 0.717) is 28.3 Å². The van der Waals surface area contributed by atoms with Crippen LogP contribution < -0.4 is 21.1 Å². The molecule has 0 aliphatic carbocycles. The molecule has 208 valence electrons. The average Bonchev–Trinajstić information content (AvgIpc) is 2.89. The van der Waals surface area contributed by atoms with Gasteiger partial charge in [-0.05, 0) is 70.3 Å². The van der Waals surface area contributed by atoms with Crippen molar-refractivity contribution in [3.8, 4) is 5.69 Å². The maximum absolute atomic E-state index is 15.0. The van der Waals surface area contributed by atoms with Crippen LogP contribution in [0.4, 0.5) is 32.2 Å². The first-order valence-corrected chi connectivity index (χ1v) is 12.9. The molecule has 5 rings (SSSR count). The van der Waals surface area contributed by atoms with Crippen LogP contribution >= 0.6 is 0 Å². The summed E-state index contributed by atoms with van der Waals surface area (Å²) in [5, 5.41) is 5.69. The topological polar surface area (TPSA) is 118 Å². The van der Waals surface area contributed by atoms with Gasteiger partial charge in [0.25, 0.3) is 5.56 Å². The number of carbonyl (C=O) groups excluding carboxylic acids is 1. The van der Waals surface area contributed by atoms with E-state index in [2.05, 4.69) is 37.5 Å². The molecular weight excluding hydrogens is 515 g/mol. The standard InChI is InChI=1S/C28H31FN8O3/c1-28(2,3)40-27(39)33-18-5-8-20(9-6-18)37-24(38)17-30-22-16-31-26(34-25(22)37)32-19-7-10-23(21(29)15-19)36-13-11-35(4)12-14-36/h5-10,15-17H,11-14H2,1-4H3,(H,33,39)(H,31,32,34). The number of fused-ring (bicyclic) bond motifs is 1. The van der Waals surface area contributed by atoms with Crippen molar-refractivity contribution < 1.29 is 13.9 Å². The Labute approximate surface area is 230 Å². The van der Waals surface area contributed by atoms with Gasteiger partial charge in [-0.2, -0.15) is 4.98 Å².